The average Bonchev–Trinajstić information content (AvgIpc) is 3.06. The molecule has 22 heavy (non-hydrogen) atoms. The van der Waals surface area contributed by atoms with Crippen molar-refractivity contribution in [2.24, 2.45) is 0 Å². The normalized spacial score (nSPS) is 24.4. The van der Waals surface area contributed by atoms with E-state index in [2.05, 4.69) is 5.32 Å². The Hall–Kier alpha value is -2.02. The van der Waals surface area contributed by atoms with E-state index in [9.17, 15) is 9.59 Å². The number of methoxy groups -OCH3 is 1. The number of aryl methyl sites for hydroxylation is 1. The Balaban J connectivity index is 1.67. The molecule has 3 heterocycles. The number of furan rings is 1. The maximum absolute atomic E-state index is 12.5. The number of nitrogens with zero attached hydrogens (tertiary/aromatic N) is 2. The minimum atomic E-state index is -0.0687. The summed E-state index contributed by atoms with van der Waals surface area (Å²) in [5, 5.41) is 2.97. The molecule has 0 spiro atoms. The molecule has 0 aromatic carbocycles. The molecule has 2 saturated heterocycles. The molecule has 120 valence electrons. The third kappa shape index (κ3) is 2.56. The van der Waals surface area contributed by atoms with Crippen molar-refractivity contribution in [3.05, 3.63) is 23.7 Å². The number of nitrogens with one attached hydrogen (secondary N) is 1. The molecule has 3 amide bonds. The van der Waals surface area contributed by atoms with E-state index in [-0.39, 0.29) is 24.0 Å². The smallest absolute Gasteiger partial charge is 0.318 e. The lowest BCUT2D eigenvalue weighted by Gasteiger charge is -2.36. The number of ether oxygens (including phenoxy) is 1. The van der Waals surface area contributed by atoms with Crippen LogP contribution < -0.4 is 5.32 Å². The Morgan fingerprint density at radius 2 is 2.36 bits per heavy atom. The average molecular weight is 307 g/mol. The summed E-state index contributed by atoms with van der Waals surface area (Å²) in [5.41, 5.74) is 0.596. The summed E-state index contributed by atoms with van der Waals surface area (Å²) < 4.78 is 10.3. The van der Waals surface area contributed by atoms with Crippen molar-refractivity contribution in [2.45, 2.75) is 25.4 Å². The van der Waals surface area contributed by atoms with Gasteiger partial charge in [0.1, 0.15) is 5.76 Å². The van der Waals surface area contributed by atoms with Gasteiger partial charge in [-0.15, -0.1) is 0 Å². The van der Waals surface area contributed by atoms with Crippen molar-refractivity contribution < 1.29 is 18.7 Å². The van der Waals surface area contributed by atoms with Crippen molar-refractivity contribution in [1.29, 1.82) is 0 Å². The van der Waals surface area contributed by atoms with Gasteiger partial charge in [-0.2, -0.15) is 0 Å². The summed E-state index contributed by atoms with van der Waals surface area (Å²) in [6, 6.07) is 1.74. The molecule has 0 radical (unpaired) electrons. The number of piperidine rings is 1. The minimum Gasteiger partial charge on any atom is -0.469 e. The summed E-state index contributed by atoms with van der Waals surface area (Å²) in [5.74, 6) is 0.596. The number of rotatable bonds is 4. The Morgan fingerprint density at radius 3 is 3.05 bits per heavy atom. The first-order valence-corrected chi connectivity index (χ1v) is 7.51. The monoisotopic (exact) mass is 307 g/mol. The second-order valence-corrected chi connectivity index (χ2v) is 5.74. The van der Waals surface area contributed by atoms with Crippen molar-refractivity contribution in [3.8, 4) is 0 Å². The lowest BCUT2D eigenvalue weighted by atomic mass is 9.99. The largest absolute Gasteiger partial charge is 0.469 e. The van der Waals surface area contributed by atoms with E-state index in [0.29, 0.717) is 37.6 Å². The maximum Gasteiger partial charge on any atom is 0.318 e. The summed E-state index contributed by atoms with van der Waals surface area (Å²) in [6.45, 7) is 4.06. The highest BCUT2D eigenvalue weighted by Crippen LogP contribution is 2.24. The number of hydrogen-bond donors (Lipinski definition) is 1. The van der Waals surface area contributed by atoms with Gasteiger partial charge in [0.25, 0.3) is 5.91 Å². The molecule has 0 bridgehead atoms. The van der Waals surface area contributed by atoms with Crippen LogP contribution in [0.5, 0.6) is 0 Å². The number of hydrogen-bond acceptors (Lipinski definition) is 4. The van der Waals surface area contributed by atoms with Crippen LogP contribution in [0.3, 0.4) is 0 Å². The van der Waals surface area contributed by atoms with Gasteiger partial charge in [0.2, 0.25) is 0 Å². The van der Waals surface area contributed by atoms with E-state index in [1.54, 1.807) is 25.0 Å². The fraction of sp³-hybridized carbons (Fsp3) is 0.600. The van der Waals surface area contributed by atoms with Crippen molar-refractivity contribution in [2.75, 3.05) is 33.4 Å². The Bertz CT molecular complexity index is 571. The first-order valence-electron chi connectivity index (χ1n) is 7.51. The molecule has 7 nitrogen and oxygen atoms in total. The first-order chi connectivity index (χ1) is 10.6. The highest BCUT2D eigenvalue weighted by Gasteiger charge is 2.43. The third-order valence-electron chi connectivity index (χ3n) is 4.46. The van der Waals surface area contributed by atoms with E-state index in [4.69, 9.17) is 9.15 Å². The van der Waals surface area contributed by atoms with E-state index < -0.39 is 0 Å². The SMILES string of the molecule is COCCN1C(=O)N[C@@H]2CN(C(=O)c3ccoc3C)CC[C@@H]21. The summed E-state index contributed by atoms with van der Waals surface area (Å²) in [6.07, 6.45) is 2.30. The minimum absolute atomic E-state index is 0.0192. The van der Waals surface area contributed by atoms with Gasteiger partial charge in [0, 0.05) is 26.7 Å². The predicted octanol–water partition coefficient (Wildman–Crippen LogP) is 0.843. The van der Waals surface area contributed by atoms with Crippen LogP contribution in [0.2, 0.25) is 0 Å². The van der Waals surface area contributed by atoms with Crippen LogP contribution in [0, 0.1) is 6.92 Å². The van der Waals surface area contributed by atoms with E-state index in [1.165, 1.54) is 6.26 Å². The zero-order valence-electron chi connectivity index (χ0n) is 12.9. The highest BCUT2D eigenvalue weighted by atomic mass is 16.5. The molecule has 2 atom stereocenters. The molecule has 0 aliphatic carbocycles. The van der Waals surface area contributed by atoms with E-state index in [1.807, 2.05) is 4.90 Å². The van der Waals surface area contributed by atoms with E-state index in [0.717, 1.165) is 6.42 Å². The molecule has 1 aromatic heterocycles. The molecule has 1 aromatic rings. The summed E-state index contributed by atoms with van der Waals surface area (Å²) >= 11 is 0. The fourth-order valence-corrected chi connectivity index (χ4v) is 3.27. The number of carbonyl (C=O) groups is 2. The highest BCUT2D eigenvalue weighted by molar-refractivity contribution is 5.95. The van der Waals surface area contributed by atoms with Crippen molar-refractivity contribution in [1.82, 2.24) is 15.1 Å². The van der Waals surface area contributed by atoms with Gasteiger partial charge >= 0.3 is 6.03 Å². The van der Waals surface area contributed by atoms with Crippen molar-refractivity contribution >= 4 is 11.9 Å². The quantitative estimate of drug-likeness (QED) is 0.894. The third-order valence-corrected chi connectivity index (χ3v) is 4.46. The molecule has 7 heteroatoms. The molecule has 2 fully saturated rings. The number of amides is 3. The van der Waals surface area contributed by atoms with Gasteiger partial charge in [-0.3, -0.25) is 4.79 Å². The van der Waals surface area contributed by atoms with Crippen LogP contribution >= 0.6 is 0 Å². The van der Waals surface area contributed by atoms with Gasteiger partial charge in [0.15, 0.2) is 0 Å². The Labute approximate surface area is 129 Å². The van der Waals surface area contributed by atoms with Gasteiger partial charge in [0.05, 0.1) is 30.5 Å². The molecule has 3 rings (SSSR count). The summed E-state index contributed by atoms with van der Waals surface area (Å²) in [4.78, 5) is 28.2. The lowest BCUT2D eigenvalue weighted by molar-refractivity contribution is 0.0640. The standard InChI is InChI=1S/C15H21N3O4/c1-10-11(4-7-22-10)14(19)17-5-3-13-12(9-17)16-15(20)18(13)6-8-21-2/h4,7,12-13H,3,5-6,8-9H2,1-2H3,(H,16,20)/t12-,13+/m1/s1. The van der Waals surface area contributed by atoms with Crippen LogP contribution in [0.15, 0.2) is 16.7 Å². The zero-order chi connectivity index (χ0) is 15.7. The first kappa shape index (κ1) is 14.9. The molecular weight excluding hydrogens is 286 g/mol. The fourth-order valence-electron chi connectivity index (χ4n) is 3.27. The van der Waals surface area contributed by atoms with Crippen LogP contribution in [0.4, 0.5) is 4.79 Å². The summed E-state index contributed by atoms with van der Waals surface area (Å²) in [7, 11) is 1.62. The van der Waals surface area contributed by atoms with Gasteiger partial charge in [-0.25, -0.2) is 4.79 Å². The molecule has 0 unspecified atom stereocenters. The van der Waals surface area contributed by atoms with Gasteiger partial charge in [-0.1, -0.05) is 0 Å². The van der Waals surface area contributed by atoms with Gasteiger partial charge in [-0.05, 0) is 19.4 Å². The molecule has 0 saturated carbocycles. The predicted molar refractivity (Wildman–Crippen MR) is 78.7 cm³/mol. The molecule has 1 N–H and O–H groups in total. The van der Waals surface area contributed by atoms with Crippen LogP contribution in [0.25, 0.3) is 0 Å². The zero-order valence-corrected chi connectivity index (χ0v) is 12.9. The van der Waals surface area contributed by atoms with E-state index >= 15 is 0 Å². The molecular formula is C15H21N3O4. The Morgan fingerprint density at radius 1 is 1.55 bits per heavy atom. The van der Waals surface area contributed by atoms with Crippen LogP contribution in [0.1, 0.15) is 22.5 Å². The van der Waals surface area contributed by atoms with Crippen LogP contribution in [-0.4, -0.2) is 67.2 Å². The second-order valence-electron chi connectivity index (χ2n) is 5.74. The second kappa shape index (κ2) is 6.00. The number of urea groups is 1. The number of likely N-dealkylation sites (tertiary alicyclic amines) is 1. The molecule has 2 aliphatic heterocycles. The Kier molecular flexibility index (Phi) is 4.06. The van der Waals surface area contributed by atoms with Gasteiger partial charge < -0.3 is 24.3 Å². The maximum atomic E-state index is 12.5. The van der Waals surface area contributed by atoms with Crippen molar-refractivity contribution in [3.63, 3.8) is 0 Å². The topological polar surface area (TPSA) is 75.0 Å². The number of fused-ring (bicyclic) bond motifs is 1. The lowest BCUT2D eigenvalue weighted by Crippen LogP contribution is -2.53. The van der Waals surface area contributed by atoms with Crippen LogP contribution in [-0.2, 0) is 4.74 Å². The molecule has 2 aliphatic rings. The number of carbonyl (C=O) groups excluding carboxylic acids is 2.